The summed E-state index contributed by atoms with van der Waals surface area (Å²) < 4.78 is 4.92. The average molecular weight is 267 g/mol. The first kappa shape index (κ1) is 14.7. The Morgan fingerprint density at radius 1 is 1.33 bits per heavy atom. The van der Waals surface area contributed by atoms with Crippen LogP contribution in [0.2, 0.25) is 0 Å². The second-order valence-corrected chi connectivity index (χ2v) is 4.80. The molecule has 0 aliphatic heterocycles. The van der Waals surface area contributed by atoms with E-state index in [9.17, 15) is 9.59 Å². The molecule has 1 aromatic carbocycles. The fourth-order valence-corrected chi connectivity index (χ4v) is 1.81. The minimum absolute atomic E-state index is 0.0979. The molecule has 0 bridgehead atoms. The molecule has 1 rings (SSSR count). The van der Waals surface area contributed by atoms with Crippen LogP contribution in [0.1, 0.15) is 12.0 Å². The molecule has 0 saturated heterocycles. The molecule has 0 radical (unpaired) electrons. The number of hydrogen-bond donors (Lipinski definition) is 1. The Morgan fingerprint density at radius 2 is 2.00 bits per heavy atom. The second kappa shape index (κ2) is 7.89. The van der Waals surface area contributed by atoms with E-state index >= 15 is 0 Å². The van der Waals surface area contributed by atoms with Crippen molar-refractivity contribution in [2.45, 2.75) is 19.1 Å². The van der Waals surface area contributed by atoms with Gasteiger partial charge in [0.25, 0.3) is 5.78 Å². The van der Waals surface area contributed by atoms with Crippen LogP contribution in [0.25, 0.3) is 0 Å². The lowest BCUT2D eigenvalue weighted by Crippen LogP contribution is -2.37. The Bertz CT molecular complexity index is 394. The molecule has 0 saturated carbocycles. The fourth-order valence-electron chi connectivity index (χ4n) is 1.32. The van der Waals surface area contributed by atoms with E-state index in [4.69, 9.17) is 10.5 Å². The van der Waals surface area contributed by atoms with Crippen LogP contribution >= 0.6 is 11.8 Å². The van der Waals surface area contributed by atoms with Gasteiger partial charge in [0.2, 0.25) is 0 Å². The van der Waals surface area contributed by atoms with Gasteiger partial charge in [0, 0.05) is 0 Å². The maximum atomic E-state index is 11.6. The number of esters is 1. The second-order valence-electron chi connectivity index (χ2n) is 3.81. The van der Waals surface area contributed by atoms with Gasteiger partial charge in [-0.3, -0.25) is 4.79 Å². The van der Waals surface area contributed by atoms with E-state index in [2.05, 4.69) is 0 Å². The molecule has 1 atom stereocenters. The lowest BCUT2D eigenvalue weighted by Gasteiger charge is -2.09. The van der Waals surface area contributed by atoms with Gasteiger partial charge in [0.05, 0.1) is 6.04 Å². The third kappa shape index (κ3) is 4.89. The van der Waals surface area contributed by atoms with Gasteiger partial charge in [0.15, 0.2) is 0 Å². The number of ether oxygens (including phenoxy) is 1. The number of carbonyl (C=O) groups excluding carboxylic acids is 2. The average Bonchev–Trinajstić information content (AvgIpc) is 2.42. The Kier molecular flexibility index (Phi) is 6.46. The van der Waals surface area contributed by atoms with E-state index in [1.54, 1.807) is 11.8 Å². The normalized spacial score (nSPS) is 11.9. The molecule has 0 fully saturated rings. The highest BCUT2D eigenvalue weighted by molar-refractivity contribution is 7.98. The topological polar surface area (TPSA) is 69.4 Å². The third-order valence-electron chi connectivity index (χ3n) is 2.38. The van der Waals surface area contributed by atoms with Crippen LogP contribution in [-0.2, 0) is 20.9 Å². The quantitative estimate of drug-likeness (QED) is 0.597. The predicted octanol–water partition coefficient (Wildman–Crippen LogP) is 1.38. The summed E-state index contributed by atoms with van der Waals surface area (Å²) in [7, 11) is 0. The van der Waals surface area contributed by atoms with E-state index in [0.29, 0.717) is 6.42 Å². The minimum atomic E-state index is -0.854. The van der Waals surface area contributed by atoms with Crippen LogP contribution < -0.4 is 5.73 Å². The van der Waals surface area contributed by atoms with Gasteiger partial charge in [-0.25, -0.2) is 4.79 Å². The van der Waals surface area contributed by atoms with Crippen molar-refractivity contribution in [2.24, 2.45) is 5.73 Å². The number of thioether (sulfide) groups is 1. The largest absolute Gasteiger partial charge is 0.455 e. The zero-order valence-corrected chi connectivity index (χ0v) is 11.1. The van der Waals surface area contributed by atoms with Gasteiger partial charge in [-0.05, 0) is 24.0 Å². The molecule has 0 aliphatic carbocycles. The van der Waals surface area contributed by atoms with Gasteiger partial charge in [-0.1, -0.05) is 30.3 Å². The number of rotatable bonds is 7. The fraction of sp³-hybridized carbons (Fsp3) is 0.385. The summed E-state index contributed by atoms with van der Waals surface area (Å²) in [6.45, 7) is 0.0979. The summed E-state index contributed by atoms with van der Waals surface area (Å²) in [5.74, 6) is -0.758. The molecule has 0 spiro atoms. The zero-order chi connectivity index (χ0) is 13.4. The molecule has 0 aliphatic rings. The summed E-state index contributed by atoms with van der Waals surface area (Å²) in [5, 5.41) is 0. The van der Waals surface area contributed by atoms with Crippen LogP contribution in [0.4, 0.5) is 0 Å². The standard InChI is InChI=1S/C13H17NO3S/c1-18-8-7-11(14)12(15)13(16)17-9-10-5-3-2-4-6-10/h2-6,11H,7-9,14H2,1H3/t11-/m0/s1. The first-order chi connectivity index (χ1) is 8.65. The highest BCUT2D eigenvalue weighted by atomic mass is 32.2. The molecule has 2 N–H and O–H groups in total. The molecule has 18 heavy (non-hydrogen) atoms. The van der Waals surface area contributed by atoms with Crippen LogP contribution in [0.3, 0.4) is 0 Å². The van der Waals surface area contributed by atoms with Crippen molar-refractivity contribution in [2.75, 3.05) is 12.0 Å². The molecule has 5 heteroatoms. The van der Waals surface area contributed by atoms with E-state index in [-0.39, 0.29) is 6.61 Å². The Hall–Kier alpha value is -1.33. The van der Waals surface area contributed by atoms with Crippen molar-refractivity contribution >= 4 is 23.5 Å². The van der Waals surface area contributed by atoms with Gasteiger partial charge in [0.1, 0.15) is 6.61 Å². The highest BCUT2D eigenvalue weighted by Crippen LogP contribution is 2.03. The number of benzene rings is 1. The van der Waals surface area contributed by atoms with Crippen LogP contribution in [-0.4, -0.2) is 29.8 Å². The molecular weight excluding hydrogens is 250 g/mol. The number of nitrogens with two attached hydrogens (primary N) is 1. The van der Waals surface area contributed by atoms with Crippen LogP contribution in [0.15, 0.2) is 30.3 Å². The monoisotopic (exact) mass is 267 g/mol. The van der Waals surface area contributed by atoms with E-state index < -0.39 is 17.8 Å². The molecule has 0 heterocycles. The molecule has 1 aromatic rings. The van der Waals surface area contributed by atoms with Gasteiger partial charge in [-0.2, -0.15) is 11.8 Å². The maximum Gasteiger partial charge on any atom is 0.376 e. The molecule has 4 nitrogen and oxygen atoms in total. The summed E-state index contributed by atoms with van der Waals surface area (Å²) in [4.78, 5) is 23.0. The lowest BCUT2D eigenvalue weighted by atomic mass is 10.1. The van der Waals surface area contributed by atoms with Crippen molar-refractivity contribution in [3.05, 3.63) is 35.9 Å². The number of hydrogen-bond acceptors (Lipinski definition) is 5. The van der Waals surface area contributed by atoms with E-state index in [1.807, 2.05) is 36.6 Å². The third-order valence-corrected chi connectivity index (χ3v) is 3.03. The van der Waals surface area contributed by atoms with Crippen molar-refractivity contribution < 1.29 is 14.3 Å². The molecular formula is C13H17NO3S. The summed E-state index contributed by atoms with van der Waals surface area (Å²) in [6, 6.07) is 8.44. The van der Waals surface area contributed by atoms with E-state index in [0.717, 1.165) is 11.3 Å². The van der Waals surface area contributed by atoms with Crippen molar-refractivity contribution in [3.63, 3.8) is 0 Å². The first-order valence-corrected chi connectivity index (χ1v) is 7.04. The Labute approximate surface area is 111 Å². The number of ketones is 1. The summed E-state index contributed by atoms with van der Waals surface area (Å²) in [5.41, 5.74) is 6.45. The van der Waals surface area contributed by atoms with Gasteiger partial charge < -0.3 is 10.5 Å². The van der Waals surface area contributed by atoms with Gasteiger partial charge >= 0.3 is 5.97 Å². The summed E-state index contributed by atoms with van der Waals surface area (Å²) in [6.07, 6.45) is 2.41. The predicted molar refractivity (Wildman–Crippen MR) is 72.2 cm³/mol. The van der Waals surface area contributed by atoms with Crippen molar-refractivity contribution in [1.82, 2.24) is 0 Å². The van der Waals surface area contributed by atoms with E-state index in [1.165, 1.54) is 0 Å². The first-order valence-electron chi connectivity index (χ1n) is 5.64. The maximum absolute atomic E-state index is 11.6. The van der Waals surface area contributed by atoms with Crippen LogP contribution in [0, 0.1) is 0 Å². The smallest absolute Gasteiger partial charge is 0.376 e. The SMILES string of the molecule is CSCC[C@H](N)C(=O)C(=O)OCc1ccccc1. The molecule has 0 aromatic heterocycles. The summed E-state index contributed by atoms with van der Waals surface area (Å²) >= 11 is 1.58. The molecule has 0 amide bonds. The molecule has 98 valence electrons. The Morgan fingerprint density at radius 3 is 2.61 bits per heavy atom. The Balaban J connectivity index is 2.38. The van der Waals surface area contributed by atoms with Crippen LogP contribution in [0.5, 0.6) is 0 Å². The zero-order valence-electron chi connectivity index (χ0n) is 10.3. The number of Topliss-reactive ketones (excluding diaryl/α,β-unsaturated/α-hetero) is 1. The minimum Gasteiger partial charge on any atom is -0.455 e. The van der Waals surface area contributed by atoms with Gasteiger partial charge in [-0.15, -0.1) is 0 Å². The van der Waals surface area contributed by atoms with Crippen molar-refractivity contribution in [1.29, 1.82) is 0 Å². The molecule has 0 unspecified atom stereocenters. The highest BCUT2D eigenvalue weighted by Gasteiger charge is 2.22. The van der Waals surface area contributed by atoms with Crippen molar-refractivity contribution in [3.8, 4) is 0 Å². The number of carbonyl (C=O) groups is 2. The lowest BCUT2D eigenvalue weighted by molar-refractivity contribution is -0.155.